The number of hydrogen-bond acceptors (Lipinski definition) is 3. The number of nitrogens with one attached hydrogen (secondary N) is 2. The average molecular weight is 315 g/mol. The van der Waals surface area contributed by atoms with Gasteiger partial charge < -0.3 is 15.4 Å². The molecular weight excluding hydrogens is 300 g/mol. The summed E-state index contributed by atoms with van der Waals surface area (Å²) in [5, 5.41) is 5.22. The van der Waals surface area contributed by atoms with Crippen LogP contribution < -0.4 is 10.6 Å². The number of amides is 2. The third kappa shape index (κ3) is 5.79. The smallest absolute Gasteiger partial charge is 0.233 e. The van der Waals surface area contributed by atoms with Crippen molar-refractivity contribution in [2.75, 3.05) is 25.6 Å². The molecule has 0 aliphatic rings. The van der Waals surface area contributed by atoms with Gasteiger partial charge in [0, 0.05) is 23.8 Å². The van der Waals surface area contributed by atoms with Crippen molar-refractivity contribution in [3.8, 4) is 0 Å². The normalized spacial score (nSPS) is 9.89. The first kappa shape index (κ1) is 14.7. The van der Waals surface area contributed by atoms with E-state index in [4.69, 9.17) is 4.74 Å². The molecule has 98 valence electrons. The van der Waals surface area contributed by atoms with Crippen LogP contribution >= 0.6 is 15.9 Å². The van der Waals surface area contributed by atoms with Crippen LogP contribution in [0.4, 0.5) is 5.69 Å². The Hall–Kier alpha value is -1.40. The number of carbonyl (C=O) groups is 2. The summed E-state index contributed by atoms with van der Waals surface area (Å²) >= 11 is 3.30. The zero-order chi connectivity index (χ0) is 13.4. The van der Waals surface area contributed by atoms with Gasteiger partial charge in [-0.05, 0) is 18.2 Å². The predicted molar refractivity (Wildman–Crippen MR) is 72.3 cm³/mol. The maximum atomic E-state index is 11.5. The van der Waals surface area contributed by atoms with E-state index in [9.17, 15) is 9.59 Å². The third-order valence-corrected chi connectivity index (χ3v) is 2.55. The second-order valence-electron chi connectivity index (χ2n) is 3.58. The van der Waals surface area contributed by atoms with Crippen molar-refractivity contribution < 1.29 is 14.3 Å². The molecular formula is C12H15BrN2O3. The Balaban J connectivity index is 2.35. The van der Waals surface area contributed by atoms with Gasteiger partial charge in [0.25, 0.3) is 0 Å². The van der Waals surface area contributed by atoms with Gasteiger partial charge in [-0.1, -0.05) is 22.0 Å². The Morgan fingerprint density at radius 1 is 1.33 bits per heavy atom. The molecule has 0 bridgehead atoms. The van der Waals surface area contributed by atoms with Crippen LogP contribution in [-0.2, 0) is 14.3 Å². The number of rotatable bonds is 6. The van der Waals surface area contributed by atoms with Crippen LogP contribution in [0.5, 0.6) is 0 Å². The van der Waals surface area contributed by atoms with Crippen molar-refractivity contribution in [2.45, 2.75) is 6.42 Å². The van der Waals surface area contributed by atoms with Crippen molar-refractivity contribution >= 4 is 33.4 Å². The molecule has 1 aromatic rings. The van der Waals surface area contributed by atoms with Gasteiger partial charge in [-0.3, -0.25) is 9.59 Å². The van der Waals surface area contributed by atoms with Crippen LogP contribution in [0.1, 0.15) is 6.42 Å². The number of hydrogen-bond donors (Lipinski definition) is 2. The zero-order valence-electron chi connectivity index (χ0n) is 10.0. The van der Waals surface area contributed by atoms with E-state index < -0.39 is 0 Å². The molecule has 6 heteroatoms. The van der Waals surface area contributed by atoms with Gasteiger partial charge in [0.2, 0.25) is 11.8 Å². The van der Waals surface area contributed by atoms with Crippen molar-refractivity contribution in [1.82, 2.24) is 5.32 Å². The summed E-state index contributed by atoms with van der Waals surface area (Å²) in [4.78, 5) is 22.9. The maximum Gasteiger partial charge on any atom is 0.233 e. The summed E-state index contributed by atoms with van der Waals surface area (Å²) in [6.07, 6.45) is -0.198. The largest absolute Gasteiger partial charge is 0.383 e. The predicted octanol–water partition coefficient (Wildman–Crippen LogP) is 1.54. The van der Waals surface area contributed by atoms with Crippen LogP contribution in [0, 0.1) is 0 Å². The van der Waals surface area contributed by atoms with Crippen LogP contribution in [0.15, 0.2) is 28.7 Å². The standard InChI is InChI=1S/C12H15BrN2O3/c1-18-6-5-14-11(16)8-12(17)15-10-4-2-3-9(13)7-10/h2-4,7H,5-6,8H2,1H3,(H,14,16)(H,15,17). The molecule has 0 heterocycles. The van der Waals surface area contributed by atoms with Crippen molar-refractivity contribution in [2.24, 2.45) is 0 Å². The summed E-state index contributed by atoms with van der Waals surface area (Å²) in [6, 6.07) is 7.18. The summed E-state index contributed by atoms with van der Waals surface area (Å²) in [5.74, 6) is -0.664. The Kier molecular flexibility index (Phi) is 6.38. The van der Waals surface area contributed by atoms with Gasteiger partial charge in [0.15, 0.2) is 0 Å². The second kappa shape index (κ2) is 7.84. The molecule has 0 saturated carbocycles. The summed E-state index contributed by atoms with van der Waals surface area (Å²) in [6.45, 7) is 0.832. The van der Waals surface area contributed by atoms with Crippen molar-refractivity contribution in [3.63, 3.8) is 0 Å². The van der Waals surface area contributed by atoms with Gasteiger partial charge in [0.1, 0.15) is 6.42 Å². The Morgan fingerprint density at radius 3 is 2.78 bits per heavy atom. The highest BCUT2D eigenvalue weighted by Crippen LogP contribution is 2.15. The fourth-order valence-corrected chi connectivity index (χ4v) is 1.67. The van der Waals surface area contributed by atoms with E-state index in [0.717, 1.165) is 4.47 Å². The molecule has 2 amide bonds. The minimum absolute atomic E-state index is 0.198. The molecule has 0 radical (unpaired) electrons. The minimum atomic E-state index is -0.344. The topological polar surface area (TPSA) is 67.4 Å². The van der Waals surface area contributed by atoms with E-state index in [1.165, 1.54) is 0 Å². The SMILES string of the molecule is COCCNC(=O)CC(=O)Nc1cccc(Br)c1. The second-order valence-corrected chi connectivity index (χ2v) is 4.49. The minimum Gasteiger partial charge on any atom is -0.383 e. The highest BCUT2D eigenvalue weighted by atomic mass is 79.9. The Morgan fingerprint density at radius 2 is 2.11 bits per heavy atom. The number of ether oxygens (including phenoxy) is 1. The molecule has 0 unspecified atom stereocenters. The van der Waals surface area contributed by atoms with Crippen molar-refractivity contribution in [1.29, 1.82) is 0 Å². The molecule has 5 nitrogen and oxygen atoms in total. The van der Waals surface area contributed by atoms with E-state index in [2.05, 4.69) is 26.6 Å². The average Bonchev–Trinajstić information content (AvgIpc) is 2.29. The summed E-state index contributed by atoms with van der Waals surface area (Å²) in [5.41, 5.74) is 0.652. The third-order valence-electron chi connectivity index (χ3n) is 2.06. The molecule has 1 rings (SSSR count). The molecule has 0 aliphatic heterocycles. The fraction of sp³-hybridized carbons (Fsp3) is 0.333. The van der Waals surface area contributed by atoms with Gasteiger partial charge in [-0.2, -0.15) is 0 Å². The van der Waals surface area contributed by atoms with Gasteiger partial charge in [-0.15, -0.1) is 0 Å². The van der Waals surface area contributed by atoms with Gasteiger partial charge in [-0.25, -0.2) is 0 Å². The van der Waals surface area contributed by atoms with Crippen LogP contribution in [-0.4, -0.2) is 32.1 Å². The lowest BCUT2D eigenvalue weighted by Crippen LogP contribution is -2.30. The number of halogens is 1. The van der Waals surface area contributed by atoms with E-state index in [1.54, 1.807) is 25.3 Å². The van der Waals surface area contributed by atoms with E-state index in [-0.39, 0.29) is 18.2 Å². The van der Waals surface area contributed by atoms with E-state index in [0.29, 0.717) is 18.8 Å². The quantitative estimate of drug-likeness (QED) is 0.618. The van der Waals surface area contributed by atoms with E-state index in [1.807, 2.05) is 6.07 Å². The molecule has 18 heavy (non-hydrogen) atoms. The number of methoxy groups -OCH3 is 1. The lowest BCUT2D eigenvalue weighted by atomic mass is 10.3. The molecule has 0 fully saturated rings. The van der Waals surface area contributed by atoms with Crippen LogP contribution in [0.3, 0.4) is 0 Å². The van der Waals surface area contributed by atoms with E-state index >= 15 is 0 Å². The fourth-order valence-electron chi connectivity index (χ4n) is 1.27. The molecule has 0 atom stereocenters. The first-order valence-corrected chi connectivity index (χ1v) is 6.22. The summed E-state index contributed by atoms with van der Waals surface area (Å²) in [7, 11) is 1.55. The number of carbonyl (C=O) groups excluding carboxylic acids is 2. The highest BCUT2D eigenvalue weighted by molar-refractivity contribution is 9.10. The summed E-state index contributed by atoms with van der Waals surface area (Å²) < 4.78 is 5.65. The molecule has 0 spiro atoms. The maximum absolute atomic E-state index is 11.5. The highest BCUT2D eigenvalue weighted by Gasteiger charge is 2.09. The molecule has 0 aliphatic carbocycles. The van der Waals surface area contributed by atoms with Gasteiger partial charge in [0.05, 0.1) is 6.61 Å². The lowest BCUT2D eigenvalue weighted by Gasteiger charge is -2.06. The first-order chi connectivity index (χ1) is 8.61. The first-order valence-electron chi connectivity index (χ1n) is 5.43. The monoisotopic (exact) mass is 314 g/mol. The molecule has 1 aromatic carbocycles. The molecule has 2 N–H and O–H groups in total. The van der Waals surface area contributed by atoms with Crippen molar-refractivity contribution in [3.05, 3.63) is 28.7 Å². The Bertz CT molecular complexity index is 424. The molecule has 0 aromatic heterocycles. The van der Waals surface area contributed by atoms with Gasteiger partial charge >= 0.3 is 0 Å². The molecule has 0 saturated heterocycles. The lowest BCUT2D eigenvalue weighted by molar-refractivity contribution is -0.126. The van der Waals surface area contributed by atoms with Crippen LogP contribution in [0.2, 0.25) is 0 Å². The Labute approximate surface area is 114 Å². The number of benzene rings is 1. The number of anilines is 1. The van der Waals surface area contributed by atoms with Crippen LogP contribution in [0.25, 0.3) is 0 Å². The zero-order valence-corrected chi connectivity index (χ0v) is 11.6.